The Balaban J connectivity index is 0.000000308. The molecule has 2 aromatic rings. The largest absolute Gasteiger partial charge is 0.369 e. The first-order valence-electron chi connectivity index (χ1n) is 4.77. The normalized spacial score (nSPS) is 8.44. The molecule has 2 amide bonds. The van der Waals surface area contributed by atoms with Crippen LogP contribution in [0.15, 0.2) is 36.5 Å². The van der Waals surface area contributed by atoms with E-state index in [1.807, 2.05) is 29.2 Å². The van der Waals surface area contributed by atoms with E-state index in [-0.39, 0.29) is 13.4 Å². The first-order valence-corrected chi connectivity index (χ1v) is 4.77. The van der Waals surface area contributed by atoms with E-state index < -0.39 is 6.03 Å². The van der Waals surface area contributed by atoms with Crippen LogP contribution < -0.4 is 22.3 Å². The summed E-state index contributed by atoms with van der Waals surface area (Å²) in [6.07, 6.45) is 1.95. The fourth-order valence-corrected chi connectivity index (χ4v) is 1.12. The van der Waals surface area contributed by atoms with Gasteiger partial charge in [-0.15, -0.1) is 0 Å². The molecule has 0 atom stereocenters. The van der Waals surface area contributed by atoms with Crippen molar-refractivity contribution < 1.29 is 4.79 Å². The van der Waals surface area contributed by atoms with Gasteiger partial charge in [0, 0.05) is 11.7 Å². The molecule has 1 aromatic heterocycles. The number of hydrogen-bond donors (Lipinski definition) is 6. The number of amides is 2. The zero-order chi connectivity index (χ0) is 12.7. The van der Waals surface area contributed by atoms with Crippen LogP contribution in [0.2, 0.25) is 0 Å². The van der Waals surface area contributed by atoms with E-state index in [1.54, 1.807) is 0 Å². The fraction of sp³-hybridized carbons (Fsp3) is 0.0909. The minimum atomic E-state index is -0.778. The minimum absolute atomic E-state index is 0. The number of primary amides is 1. The molecular weight excluding hydrogens is 232 g/mol. The van der Waals surface area contributed by atoms with E-state index in [0.717, 1.165) is 0 Å². The maximum absolute atomic E-state index is 9.80. The summed E-state index contributed by atoms with van der Waals surface area (Å²) in [5.74, 6) is -0.358. The highest BCUT2D eigenvalue weighted by Crippen LogP contribution is 2.09. The summed E-state index contributed by atoms with van der Waals surface area (Å²) in [6, 6.07) is 9.51. The number of hydrazine groups is 1. The Labute approximate surface area is 105 Å². The van der Waals surface area contributed by atoms with Gasteiger partial charge in [0.1, 0.15) is 0 Å². The predicted molar refractivity (Wildman–Crippen MR) is 72.8 cm³/mol. The third-order valence-electron chi connectivity index (χ3n) is 1.78. The van der Waals surface area contributed by atoms with Gasteiger partial charge in [-0.05, 0) is 17.5 Å². The van der Waals surface area contributed by atoms with Crippen LogP contribution in [0, 0.1) is 5.41 Å². The van der Waals surface area contributed by atoms with Crippen LogP contribution in [0.5, 0.6) is 0 Å². The third kappa shape index (κ3) is 5.40. The average molecular weight is 250 g/mol. The number of hydrogen-bond acceptors (Lipinski definition) is 2. The molecule has 0 aliphatic carbocycles. The Morgan fingerprint density at radius 2 is 1.83 bits per heavy atom. The third-order valence-corrected chi connectivity index (χ3v) is 1.78. The minimum Gasteiger partial charge on any atom is -0.369 e. The number of urea groups is 1. The number of rotatable bonds is 0. The van der Waals surface area contributed by atoms with Crippen LogP contribution in [-0.2, 0) is 0 Å². The van der Waals surface area contributed by atoms with E-state index in [4.69, 9.17) is 11.1 Å². The summed E-state index contributed by atoms with van der Waals surface area (Å²) in [6.45, 7) is 0. The van der Waals surface area contributed by atoms with Crippen molar-refractivity contribution in [2.24, 2.45) is 11.5 Å². The SMILES string of the molecule is C.N=C(N)NNC(N)=O.c1ccc2[nH]ccc2c1. The molecule has 0 radical (unpaired) electrons. The lowest BCUT2D eigenvalue weighted by Crippen LogP contribution is -2.47. The molecule has 0 spiro atoms. The molecule has 8 N–H and O–H groups in total. The van der Waals surface area contributed by atoms with Crippen LogP contribution in [0.1, 0.15) is 7.43 Å². The van der Waals surface area contributed by atoms with Gasteiger partial charge in [0.05, 0.1) is 0 Å². The molecule has 7 nitrogen and oxygen atoms in total. The fourth-order valence-electron chi connectivity index (χ4n) is 1.12. The number of para-hydroxylation sites is 1. The molecule has 2 rings (SSSR count). The molecule has 0 unspecified atom stereocenters. The van der Waals surface area contributed by atoms with Crippen molar-refractivity contribution in [2.45, 2.75) is 7.43 Å². The molecule has 0 saturated carbocycles. The predicted octanol–water partition coefficient (Wildman–Crippen LogP) is 0.857. The van der Waals surface area contributed by atoms with Crippen molar-refractivity contribution in [3.05, 3.63) is 36.5 Å². The van der Waals surface area contributed by atoms with Crippen LogP contribution in [0.3, 0.4) is 0 Å². The number of fused-ring (bicyclic) bond motifs is 1. The molecule has 98 valence electrons. The summed E-state index contributed by atoms with van der Waals surface area (Å²) in [5, 5.41) is 7.76. The maximum atomic E-state index is 9.80. The number of benzene rings is 1. The van der Waals surface area contributed by atoms with Crippen LogP contribution >= 0.6 is 0 Å². The quantitative estimate of drug-likeness (QED) is 0.235. The zero-order valence-corrected chi connectivity index (χ0v) is 9.03. The lowest BCUT2D eigenvalue weighted by molar-refractivity contribution is 0.247. The summed E-state index contributed by atoms with van der Waals surface area (Å²) in [4.78, 5) is 12.9. The van der Waals surface area contributed by atoms with Gasteiger partial charge in [-0.1, -0.05) is 25.6 Å². The van der Waals surface area contributed by atoms with Crippen molar-refractivity contribution in [1.82, 2.24) is 15.8 Å². The zero-order valence-electron chi connectivity index (χ0n) is 9.03. The van der Waals surface area contributed by atoms with Gasteiger partial charge in [0.2, 0.25) is 5.96 Å². The van der Waals surface area contributed by atoms with Gasteiger partial charge in [0.15, 0.2) is 0 Å². The van der Waals surface area contributed by atoms with Crippen LogP contribution in [0.25, 0.3) is 10.9 Å². The van der Waals surface area contributed by atoms with Gasteiger partial charge in [-0.25, -0.2) is 10.2 Å². The highest BCUT2D eigenvalue weighted by atomic mass is 16.2. The number of aromatic amines is 1. The first-order chi connectivity index (χ1) is 8.09. The summed E-state index contributed by atoms with van der Waals surface area (Å²) in [7, 11) is 0. The number of H-pyrrole nitrogens is 1. The summed E-state index contributed by atoms with van der Waals surface area (Å²) < 4.78 is 0. The monoisotopic (exact) mass is 250 g/mol. The molecular formula is C11H18N6O. The maximum Gasteiger partial charge on any atom is 0.330 e. The van der Waals surface area contributed by atoms with Crippen molar-refractivity contribution in [3.63, 3.8) is 0 Å². The van der Waals surface area contributed by atoms with Crippen molar-refractivity contribution in [3.8, 4) is 0 Å². The van der Waals surface area contributed by atoms with Crippen LogP contribution in [-0.4, -0.2) is 17.0 Å². The topological polar surface area (TPSA) is 133 Å². The molecule has 1 heterocycles. The summed E-state index contributed by atoms with van der Waals surface area (Å²) in [5.41, 5.74) is 14.4. The molecule has 0 aliphatic heterocycles. The number of carbonyl (C=O) groups is 1. The van der Waals surface area contributed by atoms with E-state index in [9.17, 15) is 4.79 Å². The molecule has 0 bridgehead atoms. The second-order valence-corrected chi connectivity index (χ2v) is 3.09. The van der Waals surface area contributed by atoms with Gasteiger partial charge in [-0.3, -0.25) is 10.8 Å². The van der Waals surface area contributed by atoms with Crippen molar-refractivity contribution >= 4 is 22.9 Å². The molecule has 18 heavy (non-hydrogen) atoms. The number of nitrogens with one attached hydrogen (secondary N) is 4. The van der Waals surface area contributed by atoms with E-state index >= 15 is 0 Å². The standard InChI is InChI=1S/C8H7N.C2H7N5O.CH4/c1-2-4-8-7(3-1)5-6-9-8;3-1(4)6-7-2(5)8;/h1-6,9H;(H4,3,4,6)(H3,5,7,8);1H4. The van der Waals surface area contributed by atoms with Crippen molar-refractivity contribution in [2.75, 3.05) is 0 Å². The van der Waals surface area contributed by atoms with E-state index in [1.165, 1.54) is 10.9 Å². The smallest absolute Gasteiger partial charge is 0.330 e. The molecule has 1 aromatic carbocycles. The molecule has 0 aliphatic rings. The second-order valence-electron chi connectivity index (χ2n) is 3.09. The van der Waals surface area contributed by atoms with E-state index in [0.29, 0.717) is 0 Å². The van der Waals surface area contributed by atoms with Gasteiger partial charge in [0.25, 0.3) is 0 Å². The molecule has 7 heteroatoms. The number of aromatic nitrogens is 1. The van der Waals surface area contributed by atoms with Gasteiger partial charge in [-0.2, -0.15) is 0 Å². The number of guanidine groups is 1. The summed E-state index contributed by atoms with van der Waals surface area (Å²) >= 11 is 0. The first kappa shape index (κ1) is 15.3. The highest BCUT2D eigenvalue weighted by Gasteiger charge is 1.87. The molecule has 0 fully saturated rings. The molecule has 0 saturated heterocycles. The second kappa shape index (κ2) is 7.55. The lowest BCUT2D eigenvalue weighted by atomic mass is 10.3. The van der Waals surface area contributed by atoms with Crippen LogP contribution in [0.4, 0.5) is 4.79 Å². The Hall–Kier alpha value is -2.70. The van der Waals surface area contributed by atoms with Gasteiger partial charge < -0.3 is 16.5 Å². The highest BCUT2D eigenvalue weighted by molar-refractivity contribution is 5.79. The average Bonchev–Trinajstić information content (AvgIpc) is 2.75. The van der Waals surface area contributed by atoms with Crippen molar-refractivity contribution in [1.29, 1.82) is 5.41 Å². The Kier molecular flexibility index (Phi) is 6.42. The Morgan fingerprint density at radius 1 is 1.17 bits per heavy atom. The number of carbonyl (C=O) groups excluding carboxylic acids is 1. The Morgan fingerprint density at radius 3 is 2.33 bits per heavy atom. The number of nitrogens with two attached hydrogens (primary N) is 2. The lowest BCUT2D eigenvalue weighted by Gasteiger charge is -1.99. The Bertz CT molecular complexity index is 463. The van der Waals surface area contributed by atoms with E-state index in [2.05, 4.69) is 28.9 Å². The van der Waals surface area contributed by atoms with Gasteiger partial charge >= 0.3 is 6.03 Å².